The van der Waals surface area contributed by atoms with E-state index in [1.54, 1.807) is 6.92 Å². The van der Waals surface area contributed by atoms with Crippen LogP contribution in [0.5, 0.6) is 0 Å². The van der Waals surface area contributed by atoms with Gasteiger partial charge in [-0.25, -0.2) is 0 Å². The van der Waals surface area contributed by atoms with E-state index in [9.17, 15) is 4.79 Å². The Balaban J connectivity index is 1.55. The van der Waals surface area contributed by atoms with E-state index in [0.717, 1.165) is 36.5 Å². The summed E-state index contributed by atoms with van der Waals surface area (Å²) in [5.41, 5.74) is 8.44. The molecule has 0 amide bonds. The molecule has 4 rings (SSSR count). The van der Waals surface area contributed by atoms with Crippen molar-refractivity contribution in [3.8, 4) is 0 Å². The van der Waals surface area contributed by atoms with Crippen molar-refractivity contribution >= 4 is 5.78 Å². The Morgan fingerprint density at radius 3 is 2.46 bits per heavy atom. The Labute approximate surface area is 161 Å². The standard InChI is InChI=1S/C24H41NO/c1-17(26)7-6-9-18-10-11-20-23(18,3)15-13-21-22(2)14-5-4-8-19(22)12-16-24(20,21)25/h18-21H,4-16,25H2,1-3H3. The van der Waals surface area contributed by atoms with Crippen molar-refractivity contribution in [2.45, 2.75) is 110 Å². The van der Waals surface area contributed by atoms with Crippen LogP contribution in [0.1, 0.15) is 104 Å². The zero-order chi connectivity index (χ0) is 18.6. The summed E-state index contributed by atoms with van der Waals surface area (Å²) in [7, 11) is 0. The van der Waals surface area contributed by atoms with E-state index >= 15 is 0 Å². The minimum Gasteiger partial charge on any atom is -0.325 e. The number of rotatable bonds is 4. The highest BCUT2D eigenvalue weighted by molar-refractivity contribution is 5.75. The summed E-state index contributed by atoms with van der Waals surface area (Å²) in [6.07, 6.45) is 16.9. The van der Waals surface area contributed by atoms with Crippen LogP contribution in [-0.2, 0) is 4.79 Å². The first kappa shape index (κ1) is 19.0. The lowest BCUT2D eigenvalue weighted by molar-refractivity contribution is -0.126. The van der Waals surface area contributed by atoms with E-state index in [0.29, 0.717) is 16.6 Å². The molecule has 2 heteroatoms. The van der Waals surface area contributed by atoms with E-state index in [2.05, 4.69) is 13.8 Å². The van der Waals surface area contributed by atoms with Gasteiger partial charge in [-0.3, -0.25) is 0 Å². The maximum Gasteiger partial charge on any atom is 0.129 e. The van der Waals surface area contributed by atoms with Gasteiger partial charge in [0, 0.05) is 12.0 Å². The molecule has 7 atom stereocenters. The molecule has 0 heterocycles. The van der Waals surface area contributed by atoms with Gasteiger partial charge in [-0.15, -0.1) is 0 Å². The zero-order valence-electron chi connectivity index (χ0n) is 17.5. The smallest absolute Gasteiger partial charge is 0.129 e. The SMILES string of the molecule is CC(=O)CCCC1CCC2C1(C)CCC1C3(C)CCCCC3CCC12N. The summed E-state index contributed by atoms with van der Waals surface area (Å²) in [5.74, 6) is 3.56. The predicted octanol–water partition coefficient (Wildman–Crippen LogP) is 5.88. The largest absolute Gasteiger partial charge is 0.325 e. The van der Waals surface area contributed by atoms with Gasteiger partial charge in [-0.1, -0.05) is 26.7 Å². The maximum atomic E-state index is 11.4. The van der Waals surface area contributed by atoms with E-state index in [4.69, 9.17) is 5.73 Å². The van der Waals surface area contributed by atoms with Gasteiger partial charge >= 0.3 is 0 Å². The lowest BCUT2D eigenvalue weighted by Crippen LogP contribution is -2.67. The average molecular weight is 360 g/mol. The Bertz CT molecular complexity index is 558. The summed E-state index contributed by atoms with van der Waals surface area (Å²) in [6.45, 7) is 6.93. The van der Waals surface area contributed by atoms with Crippen molar-refractivity contribution in [2.24, 2.45) is 40.2 Å². The van der Waals surface area contributed by atoms with Crippen molar-refractivity contribution in [3.63, 3.8) is 0 Å². The molecule has 0 aromatic rings. The van der Waals surface area contributed by atoms with Crippen LogP contribution in [0.15, 0.2) is 0 Å². The highest BCUT2D eigenvalue weighted by atomic mass is 16.1. The van der Waals surface area contributed by atoms with Gasteiger partial charge in [-0.05, 0) is 106 Å². The third kappa shape index (κ3) is 2.73. The van der Waals surface area contributed by atoms with Crippen LogP contribution in [0, 0.1) is 34.5 Å². The van der Waals surface area contributed by atoms with Crippen LogP contribution in [0.3, 0.4) is 0 Å². The Morgan fingerprint density at radius 2 is 1.69 bits per heavy atom. The van der Waals surface area contributed by atoms with Crippen molar-refractivity contribution in [2.75, 3.05) is 0 Å². The number of hydrogen-bond acceptors (Lipinski definition) is 2. The molecule has 4 aliphatic carbocycles. The normalized spacial score (nSPS) is 50.6. The molecular weight excluding hydrogens is 318 g/mol. The number of ketones is 1. The molecule has 2 nitrogen and oxygen atoms in total. The van der Waals surface area contributed by atoms with Crippen LogP contribution < -0.4 is 5.73 Å². The number of nitrogens with two attached hydrogens (primary N) is 1. The second-order valence-electron chi connectivity index (χ2n) is 11.1. The maximum absolute atomic E-state index is 11.4. The first-order valence-electron chi connectivity index (χ1n) is 11.6. The van der Waals surface area contributed by atoms with Gasteiger partial charge in [-0.2, -0.15) is 0 Å². The molecule has 0 spiro atoms. The third-order valence-corrected chi connectivity index (χ3v) is 10.1. The zero-order valence-corrected chi connectivity index (χ0v) is 17.5. The molecule has 0 radical (unpaired) electrons. The van der Waals surface area contributed by atoms with Crippen LogP contribution in [-0.4, -0.2) is 11.3 Å². The first-order valence-corrected chi connectivity index (χ1v) is 11.6. The van der Waals surface area contributed by atoms with E-state index in [1.807, 2.05) is 0 Å². The first-order chi connectivity index (χ1) is 12.3. The summed E-state index contributed by atoms with van der Waals surface area (Å²) >= 11 is 0. The highest BCUT2D eigenvalue weighted by Gasteiger charge is 2.64. The second-order valence-corrected chi connectivity index (χ2v) is 11.1. The molecular formula is C24H41NO. The van der Waals surface area contributed by atoms with Crippen LogP contribution in [0.2, 0.25) is 0 Å². The van der Waals surface area contributed by atoms with E-state index in [1.165, 1.54) is 70.6 Å². The minimum absolute atomic E-state index is 0.0882. The summed E-state index contributed by atoms with van der Waals surface area (Å²) in [6, 6.07) is 0. The van der Waals surface area contributed by atoms with Crippen LogP contribution >= 0.6 is 0 Å². The van der Waals surface area contributed by atoms with Gasteiger partial charge in [0.05, 0.1) is 0 Å². The van der Waals surface area contributed by atoms with Gasteiger partial charge < -0.3 is 10.5 Å². The number of carbonyl (C=O) groups is 1. The monoisotopic (exact) mass is 359 g/mol. The number of Topliss-reactive ketones (excluding diaryl/α,β-unsaturated/α-hetero) is 1. The fourth-order valence-corrected chi connectivity index (χ4v) is 8.69. The van der Waals surface area contributed by atoms with Gasteiger partial charge in [0.2, 0.25) is 0 Å². The molecule has 4 fully saturated rings. The number of hydrogen-bond donors (Lipinski definition) is 1. The molecule has 148 valence electrons. The summed E-state index contributed by atoms with van der Waals surface area (Å²) in [5, 5.41) is 0. The lowest BCUT2D eigenvalue weighted by atomic mass is 9.42. The fraction of sp³-hybridized carbons (Fsp3) is 0.958. The molecule has 7 unspecified atom stereocenters. The Kier molecular flexibility index (Phi) is 4.82. The molecule has 0 saturated heterocycles. The number of carbonyl (C=O) groups excluding carboxylic acids is 1. The average Bonchev–Trinajstić information content (AvgIpc) is 2.92. The molecule has 0 aromatic heterocycles. The fourth-order valence-electron chi connectivity index (χ4n) is 8.69. The van der Waals surface area contributed by atoms with Crippen LogP contribution in [0.25, 0.3) is 0 Å². The Hall–Kier alpha value is -0.370. The quantitative estimate of drug-likeness (QED) is 0.681. The summed E-state index contributed by atoms with van der Waals surface area (Å²) < 4.78 is 0. The molecule has 26 heavy (non-hydrogen) atoms. The van der Waals surface area contributed by atoms with Crippen LogP contribution in [0.4, 0.5) is 0 Å². The Morgan fingerprint density at radius 1 is 0.923 bits per heavy atom. The van der Waals surface area contributed by atoms with Crippen molar-refractivity contribution in [1.82, 2.24) is 0 Å². The molecule has 2 N–H and O–H groups in total. The lowest BCUT2D eigenvalue weighted by Gasteiger charge is -2.65. The topological polar surface area (TPSA) is 43.1 Å². The van der Waals surface area contributed by atoms with E-state index < -0.39 is 0 Å². The van der Waals surface area contributed by atoms with Gasteiger partial charge in [0.25, 0.3) is 0 Å². The van der Waals surface area contributed by atoms with Crippen molar-refractivity contribution < 1.29 is 4.79 Å². The molecule has 4 saturated carbocycles. The predicted molar refractivity (Wildman–Crippen MR) is 108 cm³/mol. The second kappa shape index (κ2) is 6.61. The minimum atomic E-state index is 0.0882. The molecule has 4 aliphatic rings. The molecule has 0 bridgehead atoms. The number of fused-ring (bicyclic) bond motifs is 5. The third-order valence-electron chi connectivity index (χ3n) is 10.1. The van der Waals surface area contributed by atoms with Gasteiger partial charge in [0.1, 0.15) is 5.78 Å². The van der Waals surface area contributed by atoms with Crippen molar-refractivity contribution in [3.05, 3.63) is 0 Å². The van der Waals surface area contributed by atoms with Crippen molar-refractivity contribution in [1.29, 1.82) is 0 Å². The highest BCUT2D eigenvalue weighted by Crippen LogP contribution is 2.68. The summed E-state index contributed by atoms with van der Waals surface area (Å²) in [4.78, 5) is 11.4. The van der Waals surface area contributed by atoms with Gasteiger partial charge in [0.15, 0.2) is 0 Å². The van der Waals surface area contributed by atoms with E-state index in [-0.39, 0.29) is 5.54 Å². The molecule has 0 aliphatic heterocycles. The molecule has 0 aromatic carbocycles.